The third-order valence-corrected chi connectivity index (χ3v) is 4.97. The number of nitrogens with one attached hydrogen (secondary N) is 1. The maximum Gasteiger partial charge on any atom is 0.314 e. The second-order valence-electron chi connectivity index (χ2n) is 5.65. The Morgan fingerprint density at radius 1 is 1.25 bits per heavy atom. The molecule has 130 valence electrons. The lowest BCUT2D eigenvalue weighted by Gasteiger charge is -2.01. The van der Waals surface area contributed by atoms with Gasteiger partial charge in [-0.15, -0.1) is 21.5 Å². The molecule has 0 radical (unpaired) electrons. The van der Waals surface area contributed by atoms with E-state index >= 15 is 0 Å². The normalized spacial score (nSPS) is 14.5. The highest BCUT2D eigenvalue weighted by molar-refractivity contribution is 7.11. The van der Waals surface area contributed by atoms with Crippen LogP contribution in [0.5, 0.6) is 0 Å². The first kappa shape index (κ1) is 16.9. The summed E-state index contributed by atoms with van der Waals surface area (Å²) >= 11 is 1.66. The third-order valence-electron chi connectivity index (χ3n) is 3.81. The van der Waals surface area contributed by atoms with Crippen LogP contribution in [0.15, 0.2) is 4.42 Å². The molecule has 1 N–H and O–H groups in total. The van der Waals surface area contributed by atoms with Crippen molar-refractivity contribution in [2.75, 3.05) is 0 Å². The predicted octanol–water partition coefficient (Wildman–Crippen LogP) is 2.98. The number of amides is 1. The van der Waals surface area contributed by atoms with Crippen LogP contribution in [-0.2, 0) is 30.6 Å². The van der Waals surface area contributed by atoms with Crippen molar-refractivity contribution in [2.24, 2.45) is 0 Å². The molecule has 0 spiro atoms. The third kappa shape index (κ3) is 4.34. The van der Waals surface area contributed by atoms with E-state index in [4.69, 9.17) is 4.42 Å². The minimum absolute atomic E-state index is 0.0430. The quantitative estimate of drug-likeness (QED) is 0.805. The van der Waals surface area contributed by atoms with Gasteiger partial charge in [-0.05, 0) is 25.7 Å². The lowest BCUT2D eigenvalue weighted by atomic mass is 10.2. The molecule has 0 bridgehead atoms. The first-order valence-electron chi connectivity index (χ1n) is 7.96. The zero-order chi connectivity index (χ0) is 16.9. The molecule has 0 aliphatic heterocycles. The van der Waals surface area contributed by atoms with E-state index < -0.39 is 12.3 Å². The van der Waals surface area contributed by atoms with Crippen LogP contribution in [0.25, 0.3) is 0 Å². The lowest BCUT2D eigenvalue weighted by Crippen LogP contribution is -2.23. The van der Waals surface area contributed by atoms with Gasteiger partial charge in [-0.25, -0.2) is 4.98 Å². The zero-order valence-corrected chi connectivity index (χ0v) is 13.9. The number of hydrogen-bond acceptors (Lipinski definition) is 6. The van der Waals surface area contributed by atoms with Gasteiger partial charge in [0.2, 0.25) is 11.8 Å². The van der Waals surface area contributed by atoms with Gasteiger partial charge in [0.05, 0.1) is 12.2 Å². The van der Waals surface area contributed by atoms with Crippen molar-refractivity contribution in [3.05, 3.63) is 27.4 Å². The van der Waals surface area contributed by atoms with Crippen LogP contribution < -0.4 is 5.32 Å². The second kappa shape index (κ2) is 7.78. The van der Waals surface area contributed by atoms with Crippen molar-refractivity contribution in [2.45, 2.75) is 57.9 Å². The van der Waals surface area contributed by atoms with Crippen LogP contribution in [0.4, 0.5) is 8.78 Å². The van der Waals surface area contributed by atoms with Gasteiger partial charge < -0.3 is 9.73 Å². The highest BCUT2D eigenvalue weighted by atomic mass is 32.1. The predicted molar refractivity (Wildman–Crippen MR) is 82.8 cm³/mol. The molecule has 24 heavy (non-hydrogen) atoms. The van der Waals surface area contributed by atoms with Crippen LogP contribution >= 0.6 is 11.3 Å². The number of aromatic nitrogens is 3. The molecule has 1 aliphatic rings. The maximum atomic E-state index is 12.3. The molecule has 0 saturated heterocycles. The average Bonchev–Trinajstić information content (AvgIpc) is 3.13. The molecule has 0 fully saturated rings. The Bertz CT molecular complexity index is 678. The molecule has 0 saturated carbocycles. The molecule has 0 unspecified atom stereocenters. The fourth-order valence-corrected chi connectivity index (χ4v) is 3.69. The van der Waals surface area contributed by atoms with Crippen molar-refractivity contribution in [1.82, 2.24) is 20.5 Å². The zero-order valence-electron chi connectivity index (χ0n) is 13.1. The number of carbonyl (C=O) groups is 1. The van der Waals surface area contributed by atoms with E-state index in [2.05, 4.69) is 20.5 Å². The number of nitrogens with zero attached hydrogens (tertiary/aromatic N) is 3. The van der Waals surface area contributed by atoms with Gasteiger partial charge in [0, 0.05) is 17.7 Å². The highest BCUT2D eigenvalue weighted by Gasteiger charge is 2.17. The summed E-state index contributed by atoms with van der Waals surface area (Å²) in [4.78, 5) is 17.8. The summed E-state index contributed by atoms with van der Waals surface area (Å²) < 4.78 is 29.4. The Kier molecular flexibility index (Phi) is 5.49. The molecular weight excluding hydrogens is 338 g/mol. The summed E-state index contributed by atoms with van der Waals surface area (Å²) in [5.41, 5.74) is 1.17. The van der Waals surface area contributed by atoms with Crippen molar-refractivity contribution < 1.29 is 18.0 Å². The van der Waals surface area contributed by atoms with Gasteiger partial charge in [-0.3, -0.25) is 4.79 Å². The minimum atomic E-state index is -2.79. The van der Waals surface area contributed by atoms with E-state index in [1.807, 2.05) is 0 Å². The van der Waals surface area contributed by atoms with E-state index in [0.717, 1.165) is 17.8 Å². The van der Waals surface area contributed by atoms with E-state index in [0.29, 0.717) is 6.54 Å². The van der Waals surface area contributed by atoms with Crippen molar-refractivity contribution in [3.8, 4) is 0 Å². The molecule has 2 aromatic rings. The Balaban J connectivity index is 1.45. The van der Waals surface area contributed by atoms with Gasteiger partial charge in [0.15, 0.2) is 0 Å². The van der Waals surface area contributed by atoms with E-state index in [1.165, 1.54) is 29.8 Å². The van der Waals surface area contributed by atoms with Crippen LogP contribution in [-0.4, -0.2) is 21.1 Å². The van der Waals surface area contributed by atoms with Gasteiger partial charge in [-0.2, -0.15) is 8.78 Å². The summed E-state index contributed by atoms with van der Waals surface area (Å²) in [7, 11) is 0. The van der Waals surface area contributed by atoms with E-state index in [-0.39, 0.29) is 24.6 Å². The molecule has 0 aromatic carbocycles. The van der Waals surface area contributed by atoms with Crippen LogP contribution in [0, 0.1) is 0 Å². The van der Waals surface area contributed by atoms with Crippen LogP contribution in [0.2, 0.25) is 0 Å². The minimum Gasteiger partial charge on any atom is -0.420 e. The molecule has 6 nitrogen and oxygen atoms in total. The number of carbonyl (C=O) groups excluding carboxylic acids is 1. The standard InChI is InChI=1S/C15H18F2N4O2S/c16-14(17)15-21-20-12(23-15)7-6-11(22)18-8-13-19-9-4-2-1-3-5-10(9)24-13/h14H,1-8H2,(H,18,22). The highest BCUT2D eigenvalue weighted by Crippen LogP contribution is 2.26. The number of alkyl halides is 2. The van der Waals surface area contributed by atoms with Gasteiger partial charge in [-0.1, -0.05) is 6.42 Å². The molecule has 0 atom stereocenters. The fraction of sp³-hybridized carbons (Fsp3) is 0.600. The topological polar surface area (TPSA) is 80.9 Å². The Labute approximate surface area is 141 Å². The summed E-state index contributed by atoms with van der Waals surface area (Å²) in [6, 6.07) is 0. The molecule has 9 heteroatoms. The van der Waals surface area contributed by atoms with Crippen LogP contribution in [0.1, 0.15) is 59.5 Å². The Morgan fingerprint density at radius 2 is 2.08 bits per heavy atom. The summed E-state index contributed by atoms with van der Waals surface area (Å²) in [6.07, 6.45) is 3.17. The molecule has 2 heterocycles. The number of rotatable bonds is 6. The first-order chi connectivity index (χ1) is 11.6. The fourth-order valence-electron chi connectivity index (χ4n) is 2.60. The van der Waals surface area contributed by atoms with Gasteiger partial charge in [0.25, 0.3) is 5.89 Å². The lowest BCUT2D eigenvalue weighted by molar-refractivity contribution is -0.121. The van der Waals surface area contributed by atoms with E-state index in [9.17, 15) is 13.6 Å². The van der Waals surface area contributed by atoms with Crippen molar-refractivity contribution in [3.63, 3.8) is 0 Å². The number of hydrogen-bond donors (Lipinski definition) is 1. The van der Waals surface area contributed by atoms with Gasteiger partial charge >= 0.3 is 6.43 Å². The number of aryl methyl sites for hydroxylation is 3. The molecule has 1 aliphatic carbocycles. The van der Waals surface area contributed by atoms with Crippen LogP contribution in [0.3, 0.4) is 0 Å². The smallest absolute Gasteiger partial charge is 0.314 e. The SMILES string of the molecule is O=C(CCc1nnc(C(F)F)o1)NCc1nc2c(s1)CCCCC2. The van der Waals surface area contributed by atoms with Crippen molar-refractivity contribution >= 4 is 17.2 Å². The summed E-state index contributed by atoms with van der Waals surface area (Å²) in [5.74, 6) is -0.867. The average molecular weight is 356 g/mol. The first-order valence-corrected chi connectivity index (χ1v) is 8.78. The molecule has 2 aromatic heterocycles. The Morgan fingerprint density at radius 3 is 2.88 bits per heavy atom. The second-order valence-corrected chi connectivity index (χ2v) is 6.82. The number of thiazole rings is 1. The number of fused-ring (bicyclic) bond motifs is 1. The molecular formula is C15H18F2N4O2S. The molecule has 3 rings (SSSR count). The molecule has 1 amide bonds. The largest absolute Gasteiger partial charge is 0.420 e. The van der Waals surface area contributed by atoms with E-state index in [1.54, 1.807) is 11.3 Å². The van der Waals surface area contributed by atoms with Gasteiger partial charge in [0.1, 0.15) is 5.01 Å². The monoisotopic (exact) mass is 356 g/mol. The summed E-state index contributed by atoms with van der Waals surface area (Å²) in [6.45, 7) is 0.391. The summed E-state index contributed by atoms with van der Waals surface area (Å²) in [5, 5.41) is 10.4. The van der Waals surface area contributed by atoms with Crippen molar-refractivity contribution in [1.29, 1.82) is 0 Å². The Hall–Kier alpha value is -1.90. The maximum absolute atomic E-state index is 12.3. The number of halogens is 2.